The van der Waals surface area contributed by atoms with Crippen LogP contribution >= 0.6 is 0 Å². The van der Waals surface area contributed by atoms with E-state index >= 15 is 0 Å². The number of carboxylic acids is 1. The molecule has 0 aliphatic rings. The molecule has 0 amide bonds. The van der Waals surface area contributed by atoms with Crippen molar-refractivity contribution in [2.45, 2.75) is 18.6 Å². The summed E-state index contributed by atoms with van der Waals surface area (Å²) in [5.74, 6) is -3.45. The van der Waals surface area contributed by atoms with Crippen LogP contribution in [0.3, 0.4) is 0 Å². The third-order valence-corrected chi connectivity index (χ3v) is 2.18. The number of aliphatic hydroxyl groups excluding tert-OH is 2. The molecule has 0 aliphatic heterocycles. The summed E-state index contributed by atoms with van der Waals surface area (Å²) in [6.45, 7) is 0. The van der Waals surface area contributed by atoms with E-state index in [1.807, 2.05) is 0 Å². The molecule has 7 heteroatoms. The van der Waals surface area contributed by atoms with Crippen LogP contribution < -0.4 is 5.73 Å². The molecule has 0 heterocycles. The van der Waals surface area contributed by atoms with Crippen molar-refractivity contribution in [1.29, 1.82) is 0 Å². The van der Waals surface area contributed by atoms with Crippen molar-refractivity contribution in [2.24, 2.45) is 0 Å². The zero-order chi connectivity index (χ0) is 13.2. The van der Waals surface area contributed by atoms with Crippen molar-refractivity contribution in [2.75, 3.05) is 5.73 Å². The first-order chi connectivity index (χ1) is 7.82. The molecule has 0 bridgehead atoms. The number of nitrogen functional groups attached to an aromatic ring is 1. The molecule has 17 heavy (non-hydrogen) atoms. The number of hydrogen-bond donors (Lipinski definition) is 4. The summed E-state index contributed by atoms with van der Waals surface area (Å²) in [6.07, 6.45) is -4.25. The third-order valence-electron chi connectivity index (χ3n) is 2.18. The molecule has 0 spiro atoms. The second kappa shape index (κ2) is 5.07. The smallest absolute Gasteiger partial charge is 0.306 e. The second-order valence-electron chi connectivity index (χ2n) is 3.51. The molecular weight excluding hydrogens is 236 g/mol. The van der Waals surface area contributed by atoms with Crippen molar-refractivity contribution in [1.82, 2.24) is 0 Å². The summed E-state index contributed by atoms with van der Waals surface area (Å²) in [4.78, 5) is 10.3. The molecule has 1 rings (SSSR count). The van der Waals surface area contributed by atoms with Gasteiger partial charge >= 0.3 is 5.97 Å². The molecule has 1 aromatic rings. The SMILES string of the molecule is Nc1cc(C(O)C(O)CC(=O)O)c(F)cc1F. The highest BCUT2D eigenvalue weighted by Gasteiger charge is 2.24. The van der Waals surface area contributed by atoms with Crippen LogP contribution in [0.4, 0.5) is 14.5 Å². The van der Waals surface area contributed by atoms with Gasteiger partial charge in [0.05, 0.1) is 18.2 Å². The van der Waals surface area contributed by atoms with E-state index in [4.69, 9.17) is 10.8 Å². The van der Waals surface area contributed by atoms with Crippen molar-refractivity contribution in [3.05, 3.63) is 29.3 Å². The van der Waals surface area contributed by atoms with Crippen LogP contribution in [0.25, 0.3) is 0 Å². The molecule has 0 fully saturated rings. The van der Waals surface area contributed by atoms with Crippen molar-refractivity contribution in [3.63, 3.8) is 0 Å². The topological polar surface area (TPSA) is 104 Å². The zero-order valence-corrected chi connectivity index (χ0v) is 8.60. The van der Waals surface area contributed by atoms with Crippen LogP contribution in [-0.4, -0.2) is 27.4 Å². The number of benzene rings is 1. The van der Waals surface area contributed by atoms with E-state index in [-0.39, 0.29) is 0 Å². The van der Waals surface area contributed by atoms with Gasteiger partial charge < -0.3 is 21.1 Å². The number of nitrogens with two attached hydrogens (primary N) is 1. The first kappa shape index (κ1) is 13.3. The molecule has 2 unspecified atom stereocenters. The van der Waals surface area contributed by atoms with Gasteiger partial charge in [0.15, 0.2) is 0 Å². The molecule has 0 saturated carbocycles. The quantitative estimate of drug-likeness (QED) is 0.577. The molecule has 2 atom stereocenters. The van der Waals surface area contributed by atoms with Gasteiger partial charge in [0.1, 0.15) is 17.7 Å². The molecule has 5 nitrogen and oxygen atoms in total. The summed E-state index contributed by atoms with van der Waals surface area (Å²) in [5, 5.41) is 27.2. The highest BCUT2D eigenvalue weighted by Crippen LogP contribution is 2.25. The Morgan fingerprint density at radius 3 is 2.41 bits per heavy atom. The number of halogens is 2. The number of anilines is 1. The monoisotopic (exact) mass is 247 g/mol. The van der Waals surface area contributed by atoms with Crippen LogP contribution in [0, 0.1) is 11.6 Å². The van der Waals surface area contributed by atoms with Gasteiger partial charge in [0.25, 0.3) is 0 Å². The predicted molar refractivity (Wildman–Crippen MR) is 54.0 cm³/mol. The first-order valence-corrected chi connectivity index (χ1v) is 4.65. The van der Waals surface area contributed by atoms with E-state index in [9.17, 15) is 23.8 Å². The lowest BCUT2D eigenvalue weighted by atomic mass is 10.0. The van der Waals surface area contributed by atoms with Crippen LogP contribution in [0.1, 0.15) is 18.1 Å². The Hall–Kier alpha value is -1.73. The van der Waals surface area contributed by atoms with Gasteiger partial charge in [-0.15, -0.1) is 0 Å². The number of rotatable bonds is 4. The Morgan fingerprint density at radius 1 is 1.29 bits per heavy atom. The number of aliphatic carboxylic acids is 1. The first-order valence-electron chi connectivity index (χ1n) is 4.65. The highest BCUT2D eigenvalue weighted by molar-refractivity contribution is 5.67. The largest absolute Gasteiger partial charge is 0.481 e. The maximum atomic E-state index is 13.3. The molecule has 0 aliphatic carbocycles. The lowest BCUT2D eigenvalue weighted by Gasteiger charge is -2.17. The normalized spacial score (nSPS) is 14.4. The maximum Gasteiger partial charge on any atom is 0.306 e. The van der Waals surface area contributed by atoms with E-state index in [2.05, 4.69) is 0 Å². The number of hydrogen-bond acceptors (Lipinski definition) is 4. The van der Waals surface area contributed by atoms with Gasteiger partial charge in [-0.25, -0.2) is 8.78 Å². The van der Waals surface area contributed by atoms with Crippen molar-refractivity contribution < 1.29 is 28.9 Å². The van der Waals surface area contributed by atoms with Gasteiger partial charge in [0, 0.05) is 11.6 Å². The van der Waals surface area contributed by atoms with Crippen LogP contribution in [0.5, 0.6) is 0 Å². The standard InChI is InChI=1S/C10H11F2NO4/c11-5-2-6(12)7(13)1-4(5)10(17)8(14)3-9(15)16/h1-2,8,10,14,17H,3,13H2,(H,15,16). The number of aliphatic hydroxyl groups is 2. The van der Waals surface area contributed by atoms with Gasteiger partial charge in [-0.1, -0.05) is 0 Å². The fourth-order valence-corrected chi connectivity index (χ4v) is 1.31. The fraction of sp³-hybridized carbons (Fsp3) is 0.300. The molecule has 0 saturated heterocycles. The van der Waals surface area contributed by atoms with Crippen LogP contribution in [-0.2, 0) is 4.79 Å². The lowest BCUT2D eigenvalue weighted by molar-refractivity contribution is -0.141. The minimum atomic E-state index is -1.78. The average Bonchev–Trinajstić information content (AvgIpc) is 2.21. The summed E-state index contributed by atoms with van der Waals surface area (Å²) in [5.41, 5.74) is 4.33. The number of carboxylic acid groups (broad SMARTS) is 1. The van der Waals surface area contributed by atoms with Gasteiger partial charge in [-0.3, -0.25) is 4.79 Å². The molecule has 1 aromatic carbocycles. The van der Waals surface area contributed by atoms with Gasteiger partial charge in [-0.2, -0.15) is 0 Å². The average molecular weight is 247 g/mol. The van der Waals surface area contributed by atoms with Crippen LogP contribution in [0.15, 0.2) is 12.1 Å². The highest BCUT2D eigenvalue weighted by atomic mass is 19.1. The lowest BCUT2D eigenvalue weighted by Crippen LogP contribution is -2.22. The Balaban J connectivity index is 2.99. The summed E-state index contributed by atoms with van der Waals surface area (Å²) >= 11 is 0. The summed E-state index contributed by atoms with van der Waals surface area (Å²) in [7, 11) is 0. The maximum absolute atomic E-state index is 13.3. The second-order valence-corrected chi connectivity index (χ2v) is 3.51. The number of carbonyl (C=O) groups is 1. The predicted octanol–water partition coefficient (Wildman–Crippen LogP) is 0.416. The molecule has 0 aromatic heterocycles. The Bertz CT molecular complexity index is 439. The van der Waals surface area contributed by atoms with E-state index in [0.29, 0.717) is 6.07 Å². The minimum Gasteiger partial charge on any atom is -0.481 e. The Labute approximate surface area is 95.1 Å². The van der Waals surface area contributed by atoms with E-state index in [1.165, 1.54) is 0 Å². The Morgan fingerprint density at radius 2 is 1.88 bits per heavy atom. The van der Waals surface area contributed by atoms with Gasteiger partial charge in [0.2, 0.25) is 0 Å². The van der Waals surface area contributed by atoms with Gasteiger partial charge in [-0.05, 0) is 6.07 Å². The van der Waals surface area contributed by atoms with E-state index in [0.717, 1.165) is 6.07 Å². The third kappa shape index (κ3) is 3.11. The summed E-state index contributed by atoms with van der Waals surface area (Å²) in [6, 6.07) is 1.28. The Kier molecular flexibility index (Phi) is 3.97. The molecule has 5 N–H and O–H groups in total. The minimum absolute atomic E-state index is 0.400. The van der Waals surface area contributed by atoms with E-state index < -0.39 is 47.5 Å². The molecule has 0 radical (unpaired) electrons. The molecular formula is C10H11F2NO4. The van der Waals surface area contributed by atoms with Crippen molar-refractivity contribution in [3.8, 4) is 0 Å². The van der Waals surface area contributed by atoms with Crippen molar-refractivity contribution >= 4 is 11.7 Å². The fourth-order valence-electron chi connectivity index (χ4n) is 1.31. The van der Waals surface area contributed by atoms with E-state index in [1.54, 1.807) is 0 Å². The van der Waals surface area contributed by atoms with Crippen LogP contribution in [0.2, 0.25) is 0 Å². The molecule has 94 valence electrons. The summed E-state index contributed by atoms with van der Waals surface area (Å²) < 4.78 is 26.1. The zero-order valence-electron chi connectivity index (χ0n) is 8.60.